The van der Waals surface area contributed by atoms with E-state index in [4.69, 9.17) is 4.74 Å². The Morgan fingerprint density at radius 3 is 2.94 bits per heavy atom. The molecule has 4 nitrogen and oxygen atoms in total. The van der Waals surface area contributed by atoms with E-state index < -0.39 is 0 Å². The average molecular weight is 254 g/mol. The number of hydrogen-bond acceptors (Lipinski definition) is 3. The van der Waals surface area contributed by atoms with Gasteiger partial charge in [0.2, 0.25) is 5.91 Å². The van der Waals surface area contributed by atoms with Crippen molar-refractivity contribution in [2.24, 2.45) is 5.92 Å². The van der Waals surface area contributed by atoms with Gasteiger partial charge in [0.15, 0.2) is 0 Å². The first-order valence-corrected chi connectivity index (χ1v) is 7.43. The van der Waals surface area contributed by atoms with Crippen molar-refractivity contribution in [3.05, 3.63) is 0 Å². The Bertz CT molecular complexity index is 246. The Labute approximate surface area is 110 Å². The lowest BCUT2D eigenvalue weighted by molar-refractivity contribution is -0.121. The van der Waals surface area contributed by atoms with Gasteiger partial charge in [0, 0.05) is 19.6 Å². The number of ether oxygens (including phenoxy) is 1. The summed E-state index contributed by atoms with van der Waals surface area (Å²) in [5.41, 5.74) is 0. The van der Waals surface area contributed by atoms with Gasteiger partial charge in [0.05, 0.1) is 6.10 Å². The van der Waals surface area contributed by atoms with Gasteiger partial charge < -0.3 is 15.4 Å². The van der Waals surface area contributed by atoms with E-state index in [0.717, 1.165) is 45.5 Å². The molecule has 4 heteroatoms. The van der Waals surface area contributed by atoms with E-state index in [1.807, 2.05) is 0 Å². The van der Waals surface area contributed by atoms with Crippen LogP contribution in [0.4, 0.5) is 0 Å². The fraction of sp³-hybridized carbons (Fsp3) is 0.929. The first-order chi connectivity index (χ1) is 8.84. The normalized spacial score (nSPS) is 28.2. The van der Waals surface area contributed by atoms with E-state index in [9.17, 15) is 4.79 Å². The van der Waals surface area contributed by atoms with E-state index in [1.54, 1.807) is 0 Å². The Morgan fingerprint density at radius 1 is 1.28 bits per heavy atom. The third kappa shape index (κ3) is 4.94. The fourth-order valence-electron chi connectivity index (χ4n) is 2.84. The summed E-state index contributed by atoms with van der Waals surface area (Å²) in [6.45, 7) is 3.90. The van der Waals surface area contributed by atoms with Crippen molar-refractivity contribution in [1.82, 2.24) is 10.6 Å². The van der Waals surface area contributed by atoms with Gasteiger partial charge in [-0.15, -0.1) is 0 Å². The largest absolute Gasteiger partial charge is 0.378 e. The van der Waals surface area contributed by atoms with E-state index in [2.05, 4.69) is 10.6 Å². The monoisotopic (exact) mass is 254 g/mol. The Morgan fingerprint density at radius 2 is 2.22 bits per heavy atom. The SMILES string of the molecule is O=C(CCC1CCCNC1)NCCC1CCCO1. The highest BCUT2D eigenvalue weighted by atomic mass is 16.5. The van der Waals surface area contributed by atoms with Crippen LogP contribution in [0.25, 0.3) is 0 Å². The van der Waals surface area contributed by atoms with Crippen molar-refractivity contribution >= 4 is 5.91 Å². The molecule has 2 aliphatic heterocycles. The quantitative estimate of drug-likeness (QED) is 0.754. The molecule has 0 aromatic rings. The zero-order valence-corrected chi connectivity index (χ0v) is 11.2. The second kappa shape index (κ2) is 7.74. The molecule has 0 aromatic carbocycles. The fourth-order valence-corrected chi connectivity index (χ4v) is 2.84. The molecule has 0 radical (unpaired) electrons. The molecule has 0 saturated carbocycles. The third-order valence-electron chi connectivity index (χ3n) is 3.99. The van der Waals surface area contributed by atoms with Crippen LogP contribution in [0.5, 0.6) is 0 Å². The number of rotatable bonds is 6. The summed E-state index contributed by atoms with van der Waals surface area (Å²) >= 11 is 0. The molecule has 2 fully saturated rings. The van der Waals surface area contributed by atoms with Gasteiger partial charge in [0.1, 0.15) is 0 Å². The van der Waals surface area contributed by atoms with Gasteiger partial charge in [0.25, 0.3) is 0 Å². The summed E-state index contributed by atoms with van der Waals surface area (Å²) in [5, 5.41) is 6.40. The van der Waals surface area contributed by atoms with Crippen LogP contribution in [0.1, 0.15) is 44.9 Å². The molecule has 2 rings (SSSR count). The predicted molar refractivity (Wildman–Crippen MR) is 71.4 cm³/mol. The van der Waals surface area contributed by atoms with Crippen molar-refractivity contribution in [3.8, 4) is 0 Å². The zero-order chi connectivity index (χ0) is 12.6. The maximum absolute atomic E-state index is 11.7. The van der Waals surface area contributed by atoms with E-state index in [1.165, 1.54) is 19.3 Å². The Kier molecular flexibility index (Phi) is 5.94. The molecule has 2 unspecified atom stereocenters. The van der Waals surface area contributed by atoms with E-state index in [0.29, 0.717) is 18.4 Å². The maximum atomic E-state index is 11.7. The lowest BCUT2D eigenvalue weighted by Crippen LogP contribution is -2.31. The van der Waals surface area contributed by atoms with Crippen LogP contribution in [0.2, 0.25) is 0 Å². The number of carbonyl (C=O) groups is 1. The summed E-state index contributed by atoms with van der Waals surface area (Å²) in [5.74, 6) is 0.904. The summed E-state index contributed by atoms with van der Waals surface area (Å²) in [6, 6.07) is 0. The number of amides is 1. The van der Waals surface area contributed by atoms with Crippen LogP contribution in [0.15, 0.2) is 0 Å². The molecular weight excluding hydrogens is 228 g/mol. The van der Waals surface area contributed by atoms with Crippen LogP contribution >= 0.6 is 0 Å². The number of carbonyl (C=O) groups excluding carboxylic acids is 1. The van der Waals surface area contributed by atoms with Gasteiger partial charge in [-0.1, -0.05) is 0 Å². The van der Waals surface area contributed by atoms with Crippen molar-refractivity contribution < 1.29 is 9.53 Å². The number of hydrogen-bond donors (Lipinski definition) is 2. The summed E-state index contributed by atoms with van der Waals surface area (Å²) < 4.78 is 5.53. The third-order valence-corrected chi connectivity index (χ3v) is 3.99. The standard InChI is InChI=1S/C14H26N2O2/c17-14(6-5-12-3-1-8-15-11-12)16-9-7-13-4-2-10-18-13/h12-13,15H,1-11H2,(H,16,17). The van der Waals surface area contributed by atoms with Crippen molar-refractivity contribution in [3.63, 3.8) is 0 Å². The Hall–Kier alpha value is -0.610. The van der Waals surface area contributed by atoms with Gasteiger partial charge in [-0.05, 0) is 57.5 Å². The summed E-state index contributed by atoms with van der Waals surface area (Å²) in [6.07, 6.45) is 7.92. The topological polar surface area (TPSA) is 50.4 Å². The van der Waals surface area contributed by atoms with Crippen LogP contribution < -0.4 is 10.6 Å². The smallest absolute Gasteiger partial charge is 0.220 e. The van der Waals surface area contributed by atoms with Gasteiger partial charge in [-0.25, -0.2) is 0 Å². The maximum Gasteiger partial charge on any atom is 0.220 e. The molecule has 2 aliphatic rings. The van der Waals surface area contributed by atoms with Crippen LogP contribution in [0, 0.1) is 5.92 Å². The van der Waals surface area contributed by atoms with Crippen molar-refractivity contribution in [2.75, 3.05) is 26.2 Å². The lowest BCUT2D eigenvalue weighted by Gasteiger charge is -2.22. The highest BCUT2D eigenvalue weighted by molar-refractivity contribution is 5.75. The summed E-state index contributed by atoms with van der Waals surface area (Å²) in [7, 11) is 0. The van der Waals surface area contributed by atoms with Crippen LogP contribution in [0.3, 0.4) is 0 Å². The first-order valence-electron chi connectivity index (χ1n) is 7.43. The second-order valence-electron chi connectivity index (χ2n) is 5.52. The Balaban J connectivity index is 1.49. The average Bonchev–Trinajstić information content (AvgIpc) is 2.91. The molecule has 2 heterocycles. The molecule has 18 heavy (non-hydrogen) atoms. The molecule has 2 atom stereocenters. The number of nitrogens with one attached hydrogen (secondary N) is 2. The molecule has 0 bridgehead atoms. The van der Waals surface area contributed by atoms with Gasteiger partial charge >= 0.3 is 0 Å². The molecule has 2 N–H and O–H groups in total. The molecular formula is C14H26N2O2. The predicted octanol–water partition coefficient (Wildman–Crippen LogP) is 1.45. The molecule has 1 amide bonds. The molecule has 0 aliphatic carbocycles. The highest BCUT2D eigenvalue weighted by Gasteiger charge is 2.16. The molecule has 2 saturated heterocycles. The minimum atomic E-state index is 0.207. The number of piperidine rings is 1. The van der Waals surface area contributed by atoms with Gasteiger partial charge in [-0.2, -0.15) is 0 Å². The minimum Gasteiger partial charge on any atom is -0.378 e. The molecule has 104 valence electrons. The molecule has 0 spiro atoms. The zero-order valence-electron chi connectivity index (χ0n) is 11.2. The van der Waals surface area contributed by atoms with Gasteiger partial charge in [-0.3, -0.25) is 4.79 Å². The highest BCUT2D eigenvalue weighted by Crippen LogP contribution is 2.16. The van der Waals surface area contributed by atoms with Crippen molar-refractivity contribution in [1.29, 1.82) is 0 Å². The summed E-state index contributed by atoms with van der Waals surface area (Å²) in [4.78, 5) is 11.7. The second-order valence-corrected chi connectivity index (χ2v) is 5.52. The molecule has 0 aromatic heterocycles. The van der Waals surface area contributed by atoms with E-state index in [-0.39, 0.29) is 5.91 Å². The first kappa shape index (κ1) is 13.8. The van der Waals surface area contributed by atoms with Crippen molar-refractivity contribution in [2.45, 2.75) is 51.0 Å². The minimum absolute atomic E-state index is 0.207. The lowest BCUT2D eigenvalue weighted by atomic mass is 9.94. The van der Waals surface area contributed by atoms with Crippen LogP contribution in [-0.2, 0) is 9.53 Å². The van der Waals surface area contributed by atoms with E-state index >= 15 is 0 Å². The van der Waals surface area contributed by atoms with Crippen LogP contribution in [-0.4, -0.2) is 38.3 Å².